The first-order chi connectivity index (χ1) is 12.1. The minimum Gasteiger partial charge on any atom is -0.465 e. The highest BCUT2D eigenvalue weighted by Gasteiger charge is 2.48. The van der Waals surface area contributed by atoms with E-state index in [0.29, 0.717) is 22.8 Å². The van der Waals surface area contributed by atoms with Crippen LogP contribution in [0.3, 0.4) is 0 Å². The van der Waals surface area contributed by atoms with Crippen molar-refractivity contribution >= 4 is 28.7 Å². The van der Waals surface area contributed by atoms with Gasteiger partial charge in [0.2, 0.25) is 0 Å². The van der Waals surface area contributed by atoms with Gasteiger partial charge in [-0.1, -0.05) is 24.6 Å². The maximum absolute atomic E-state index is 14.8. The highest BCUT2D eigenvalue weighted by molar-refractivity contribution is 8.13. The predicted octanol–water partition coefficient (Wildman–Crippen LogP) is 4.67. The van der Waals surface area contributed by atoms with Gasteiger partial charge in [0.1, 0.15) is 5.82 Å². The summed E-state index contributed by atoms with van der Waals surface area (Å²) in [6.07, 6.45) is 2.65. The van der Waals surface area contributed by atoms with Crippen LogP contribution < -0.4 is 5.73 Å². The predicted molar refractivity (Wildman–Crippen MR) is 104 cm³/mol. The van der Waals surface area contributed by atoms with E-state index in [9.17, 15) is 14.3 Å². The fraction of sp³-hybridized carbons (Fsp3) is 0.579. The molecule has 3 rings (SSSR count). The number of thioether (sulfide) groups is 1. The molecule has 0 spiro atoms. The van der Waals surface area contributed by atoms with Gasteiger partial charge in [0, 0.05) is 22.5 Å². The number of nitrogens with two attached hydrogens (primary N) is 1. The summed E-state index contributed by atoms with van der Waals surface area (Å²) in [7, 11) is 0. The molecule has 1 heterocycles. The molecule has 2 aliphatic rings. The largest absolute Gasteiger partial charge is 0.465 e. The standard InChI is InChI=1S/C19H26FN3O2S/c1-18(2,3)23(17(24)25)16-22-19(9-5-4-6-12(19)11-26-16)14-10-13(21)7-8-15(14)20/h7-8,10,12H,4-6,9,11,21H2,1-3H3,(H,24,25). The first kappa shape index (κ1) is 19.0. The van der Waals surface area contributed by atoms with Gasteiger partial charge in [-0.2, -0.15) is 0 Å². The molecule has 1 aromatic rings. The second kappa shape index (κ2) is 6.76. The van der Waals surface area contributed by atoms with Crippen LogP contribution in [-0.4, -0.2) is 32.6 Å². The van der Waals surface area contributed by atoms with E-state index in [1.807, 2.05) is 20.8 Å². The first-order valence-corrected chi connectivity index (χ1v) is 9.95. The Morgan fingerprint density at radius 3 is 2.81 bits per heavy atom. The van der Waals surface area contributed by atoms with Crippen LogP contribution in [0.4, 0.5) is 14.9 Å². The number of carbonyl (C=O) groups is 1. The van der Waals surface area contributed by atoms with Crippen LogP contribution >= 0.6 is 11.8 Å². The second-order valence-electron chi connectivity index (χ2n) is 8.10. The third kappa shape index (κ3) is 3.29. The molecule has 2 atom stereocenters. The fourth-order valence-corrected chi connectivity index (χ4v) is 5.54. The number of halogens is 1. The van der Waals surface area contributed by atoms with E-state index in [4.69, 9.17) is 10.7 Å². The zero-order valence-corrected chi connectivity index (χ0v) is 16.3. The summed E-state index contributed by atoms with van der Waals surface area (Å²) < 4.78 is 14.8. The molecular weight excluding hydrogens is 353 g/mol. The number of carboxylic acid groups (broad SMARTS) is 1. The number of aliphatic imine (C=N–C) groups is 1. The molecule has 1 amide bonds. The van der Waals surface area contributed by atoms with Crippen molar-refractivity contribution in [3.05, 3.63) is 29.6 Å². The number of hydrogen-bond donors (Lipinski definition) is 2. The highest BCUT2D eigenvalue weighted by atomic mass is 32.2. The Labute approximate surface area is 157 Å². The third-order valence-electron chi connectivity index (χ3n) is 5.25. The van der Waals surface area contributed by atoms with E-state index in [-0.39, 0.29) is 11.7 Å². The molecule has 0 radical (unpaired) electrons. The monoisotopic (exact) mass is 379 g/mol. The van der Waals surface area contributed by atoms with Crippen molar-refractivity contribution in [1.82, 2.24) is 4.90 Å². The number of amidine groups is 1. The molecular formula is C19H26FN3O2S. The van der Waals surface area contributed by atoms with Crippen molar-refractivity contribution in [2.45, 2.75) is 57.5 Å². The van der Waals surface area contributed by atoms with Crippen molar-refractivity contribution in [1.29, 1.82) is 0 Å². The molecule has 1 aliphatic carbocycles. The number of fused-ring (bicyclic) bond motifs is 1. The van der Waals surface area contributed by atoms with Crippen molar-refractivity contribution in [2.75, 3.05) is 11.5 Å². The van der Waals surface area contributed by atoms with Crippen molar-refractivity contribution in [3.8, 4) is 0 Å². The lowest BCUT2D eigenvalue weighted by Gasteiger charge is -2.47. The smallest absolute Gasteiger partial charge is 0.413 e. The molecule has 1 aliphatic heterocycles. The van der Waals surface area contributed by atoms with Crippen LogP contribution in [0, 0.1) is 11.7 Å². The number of benzene rings is 1. The van der Waals surface area contributed by atoms with Crippen LogP contribution in [0.25, 0.3) is 0 Å². The lowest BCUT2D eigenvalue weighted by molar-refractivity contribution is 0.139. The van der Waals surface area contributed by atoms with Gasteiger partial charge in [0.05, 0.1) is 5.54 Å². The van der Waals surface area contributed by atoms with Crippen LogP contribution in [0.2, 0.25) is 0 Å². The van der Waals surface area contributed by atoms with Gasteiger partial charge < -0.3 is 10.8 Å². The Hall–Kier alpha value is -1.76. The van der Waals surface area contributed by atoms with Gasteiger partial charge in [0.25, 0.3) is 0 Å². The van der Waals surface area contributed by atoms with E-state index < -0.39 is 17.2 Å². The molecule has 0 bridgehead atoms. The lowest BCUT2D eigenvalue weighted by Crippen LogP contribution is -2.52. The maximum atomic E-state index is 14.8. The van der Waals surface area contributed by atoms with Crippen LogP contribution in [0.5, 0.6) is 0 Å². The summed E-state index contributed by atoms with van der Waals surface area (Å²) in [4.78, 5) is 18.1. The normalized spacial score (nSPS) is 26.0. The molecule has 1 fully saturated rings. The summed E-state index contributed by atoms with van der Waals surface area (Å²) >= 11 is 1.46. The average molecular weight is 380 g/mol. The van der Waals surface area contributed by atoms with Crippen LogP contribution in [-0.2, 0) is 5.54 Å². The van der Waals surface area contributed by atoms with Gasteiger partial charge in [-0.05, 0) is 57.7 Å². The molecule has 7 heteroatoms. The molecule has 0 saturated heterocycles. The Balaban J connectivity index is 2.17. The summed E-state index contributed by atoms with van der Waals surface area (Å²) in [6, 6.07) is 4.61. The lowest BCUT2D eigenvalue weighted by atomic mass is 9.69. The SMILES string of the molecule is CC(C)(C)N(C(=O)O)C1=NC2(c3cc(N)ccc3F)CCCCC2CS1. The van der Waals surface area contributed by atoms with E-state index >= 15 is 0 Å². The minimum absolute atomic E-state index is 0.178. The van der Waals surface area contributed by atoms with Gasteiger partial charge >= 0.3 is 6.09 Å². The number of nitrogen functional groups attached to an aromatic ring is 1. The quantitative estimate of drug-likeness (QED) is 0.695. The Kier molecular flexibility index (Phi) is 4.94. The second-order valence-corrected chi connectivity index (χ2v) is 9.09. The molecule has 0 aromatic heterocycles. The summed E-state index contributed by atoms with van der Waals surface area (Å²) in [5.74, 6) is 0.586. The number of hydrogen-bond acceptors (Lipinski definition) is 4. The topological polar surface area (TPSA) is 78.9 Å². The van der Waals surface area contributed by atoms with Crippen LogP contribution in [0.1, 0.15) is 52.0 Å². The zero-order valence-electron chi connectivity index (χ0n) is 15.5. The van der Waals surface area contributed by atoms with Crippen molar-refractivity contribution < 1.29 is 14.3 Å². The van der Waals surface area contributed by atoms with E-state index in [1.54, 1.807) is 12.1 Å². The molecule has 2 unspecified atom stereocenters. The number of nitrogens with zero attached hydrogens (tertiary/aromatic N) is 2. The van der Waals surface area contributed by atoms with Gasteiger partial charge in [0.15, 0.2) is 5.17 Å². The van der Waals surface area contributed by atoms with E-state index in [2.05, 4.69) is 0 Å². The Morgan fingerprint density at radius 1 is 1.42 bits per heavy atom. The van der Waals surface area contributed by atoms with Gasteiger partial charge in [-0.25, -0.2) is 9.18 Å². The van der Waals surface area contributed by atoms with Crippen molar-refractivity contribution in [3.63, 3.8) is 0 Å². The first-order valence-electron chi connectivity index (χ1n) is 8.96. The minimum atomic E-state index is -1.04. The van der Waals surface area contributed by atoms with E-state index in [0.717, 1.165) is 25.0 Å². The molecule has 142 valence electrons. The highest BCUT2D eigenvalue weighted by Crippen LogP contribution is 2.51. The molecule has 26 heavy (non-hydrogen) atoms. The van der Waals surface area contributed by atoms with E-state index in [1.165, 1.54) is 22.7 Å². The van der Waals surface area contributed by atoms with Gasteiger partial charge in [-0.15, -0.1) is 0 Å². The Bertz CT molecular complexity index is 747. The maximum Gasteiger partial charge on any atom is 0.413 e. The van der Waals surface area contributed by atoms with Crippen LogP contribution in [0.15, 0.2) is 23.2 Å². The molecule has 5 nitrogen and oxygen atoms in total. The molecule has 1 saturated carbocycles. The number of anilines is 1. The number of rotatable bonds is 1. The zero-order chi connectivity index (χ0) is 19.1. The van der Waals surface area contributed by atoms with Gasteiger partial charge in [-0.3, -0.25) is 9.89 Å². The number of amides is 1. The third-order valence-corrected chi connectivity index (χ3v) is 6.36. The average Bonchev–Trinajstić information content (AvgIpc) is 2.55. The summed E-state index contributed by atoms with van der Waals surface area (Å²) in [6.45, 7) is 5.51. The molecule has 3 N–H and O–H groups in total. The fourth-order valence-electron chi connectivity index (χ4n) is 4.03. The van der Waals surface area contributed by atoms with Crippen molar-refractivity contribution in [2.24, 2.45) is 10.9 Å². The summed E-state index contributed by atoms with van der Waals surface area (Å²) in [5.41, 5.74) is 5.57. The molecule has 1 aromatic carbocycles. The Morgan fingerprint density at radius 2 is 2.15 bits per heavy atom. The summed E-state index contributed by atoms with van der Waals surface area (Å²) in [5, 5.41) is 10.2.